The molecule has 0 spiro atoms. The van der Waals surface area contributed by atoms with Crippen LogP contribution in [0, 0.1) is 0 Å². The number of halogens is 1. The summed E-state index contributed by atoms with van der Waals surface area (Å²) < 4.78 is 33.1. The van der Waals surface area contributed by atoms with Crippen molar-refractivity contribution in [2.24, 2.45) is 0 Å². The van der Waals surface area contributed by atoms with E-state index >= 15 is 0 Å². The van der Waals surface area contributed by atoms with E-state index in [0.29, 0.717) is 30.1 Å². The van der Waals surface area contributed by atoms with Crippen molar-refractivity contribution in [2.45, 2.75) is 31.6 Å². The van der Waals surface area contributed by atoms with Gasteiger partial charge in [-0.05, 0) is 55.3 Å². The Labute approximate surface area is 175 Å². The largest absolute Gasteiger partial charge is 0.496 e. The maximum absolute atomic E-state index is 12.8. The molecule has 1 N–H and O–H groups in total. The SMILES string of the molecule is CCCN(CCC)S(=O)(=O)c1ccc(NC(=O)c2cc(Br)ccc2OC)cc1. The monoisotopic (exact) mass is 468 g/mol. The number of rotatable bonds is 9. The molecule has 1 amide bonds. The molecule has 0 saturated heterocycles. The lowest BCUT2D eigenvalue weighted by atomic mass is 10.2. The van der Waals surface area contributed by atoms with Crippen molar-refractivity contribution in [3.63, 3.8) is 0 Å². The summed E-state index contributed by atoms with van der Waals surface area (Å²) >= 11 is 3.34. The summed E-state index contributed by atoms with van der Waals surface area (Å²) in [5, 5.41) is 2.77. The van der Waals surface area contributed by atoms with Crippen LogP contribution >= 0.6 is 15.9 Å². The third kappa shape index (κ3) is 5.33. The lowest BCUT2D eigenvalue weighted by Gasteiger charge is -2.21. The van der Waals surface area contributed by atoms with Crippen LogP contribution in [0.4, 0.5) is 5.69 Å². The van der Waals surface area contributed by atoms with Gasteiger partial charge in [-0.2, -0.15) is 4.31 Å². The molecule has 0 saturated carbocycles. The van der Waals surface area contributed by atoms with Crippen LogP contribution in [0.3, 0.4) is 0 Å². The van der Waals surface area contributed by atoms with E-state index < -0.39 is 10.0 Å². The highest BCUT2D eigenvalue weighted by molar-refractivity contribution is 9.10. The number of benzene rings is 2. The number of ether oxygens (including phenoxy) is 1. The number of nitrogens with one attached hydrogen (secondary N) is 1. The Balaban J connectivity index is 2.21. The number of nitrogens with zero attached hydrogens (tertiary/aromatic N) is 1. The van der Waals surface area contributed by atoms with E-state index in [4.69, 9.17) is 4.74 Å². The van der Waals surface area contributed by atoms with Gasteiger partial charge in [-0.3, -0.25) is 4.79 Å². The zero-order valence-corrected chi connectivity index (χ0v) is 18.6. The standard InChI is InChI=1S/C20H25BrN2O4S/c1-4-12-23(13-5-2)28(25,26)17-9-7-16(8-10-17)22-20(24)18-14-15(21)6-11-19(18)27-3/h6-11,14H,4-5,12-13H2,1-3H3,(H,22,24). The Morgan fingerprint density at radius 2 is 1.68 bits per heavy atom. The molecule has 0 fully saturated rings. The normalized spacial score (nSPS) is 11.5. The second-order valence-electron chi connectivity index (χ2n) is 6.23. The average molecular weight is 469 g/mol. The third-order valence-electron chi connectivity index (χ3n) is 4.10. The molecule has 152 valence electrons. The number of hydrogen-bond acceptors (Lipinski definition) is 4. The predicted octanol–water partition coefficient (Wildman–Crippen LogP) is 4.52. The number of sulfonamides is 1. The molecule has 2 aromatic carbocycles. The van der Waals surface area contributed by atoms with Crippen molar-refractivity contribution in [1.82, 2.24) is 4.31 Å². The fourth-order valence-corrected chi connectivity index (χ4v) is 4.75. The number of amides is 1. The first-order valence-electron chi connectivity index (χ1n) is 9.08. The zero-order chi connectivity index (χ0) is 20.7. The van der Waals surface area contributed by atoms with E-state index in [-0.39, 0.29) is 10.8 Å². The molecule has 2 aromatic rings. The molecule has 0 aliphatic carbocycles. The van der Waals surface area contributed by atoms with Gasteiger partial charge in [0.15, 0.2) is 0 Å². The molecule has 2 rings (SSSR count). The van der Waals surface area contributed by atoms with Gasteiger partial charge < -0.3 is 10.1 Å². The number of anilines is 1. The zero-order valence-electron chi connectivity index (χ0n) is 16.2. The van der Waals surface area contributed by atoms with Crippen LogP contribution in [0.25, 0.3) is 0 Å². The van der Waals surface area contributed by atoms with Gasteiger partial charge >= 0.3 is 0 Å². The Hall–Kier alpha value is -1.90. The molecule has 8 heteroatoms. The second kappa shape index (κ2) is 10.0. The van der Waals surface area contributed by atoms with E-state index in [2.05, 4.69) is 21.2 Å². The van der Waals surface area contributed by atoms with E-state index in [1.807, 2.05) is 13.8 Å². The van der Waals surface area contributed by atoms with E-state index in [1.54, 1.807) is 30.3 Å². The minimum Gasteiger partial charge on any atom is -0.496 e. The molecule has 0 radical (unpaired) electrons. The number of carbonyl (C=O) groups excluding carboxylic acids is 1. The van der Waals surface area contributed by atoms with E-state index in [9.17, 15) is 13.2 Å². The second-order valence-corrected chi connectivity index (χ2v) is 9.08. The molecule has 0 bridgehead atoms. The van der Waals surface area contributed by atoms with Crippen LogP contribution in [0.15, 0.2) is 51.8 Å². The number of methoxy groups -OCH3 is 1. The molecule has 0 aliphatic heterocycles. The minimum absolute atomic E-state index is 0.215. The molecule has 0 aliphatic rings. The van der Waals surface area contributed by atoms with Crippen molar-refractivity contribution in [1.29, 1.82) is 0 Å². The van der Waals surface area contributed by atoms with Crippen LogP contribution in [0.2, 0.25) is 0 Å². The summed E-state index contributed by atoms with van der Waals surface area (Å²) in [5.41, 5.74) is 0.883. The molecule has 0 atom stereocenters. The molecular weight excluding hydrogens is 444 g/mol. The smallest absolute Gasteiger partial charge is 0.259 e. The molecule has 0 heterocycles. The number of hydrogen-bond donors (Lipinski definition) is 1. The van der Waals surface area contributed by atoms with Crippen molar-refractivity contribution >= 4 is 37.5 Å². The predicted molar refractivity (Wildman–Crippen MR) is 114 cm³/mol. The molecule has 0 aromatic heterocycles. The average Bonchev–Trinajstić information content (AvgIpc) is 2.68. The Bertz CT molecular complexity index is 908. The quantitative estimate of drug-likeness (QED) is 0.586. The van der Waals surface area contributed by atoms with Crippen LogP contribution in [0.1, 0.15) is 37.0 Å². The van der Waals surface area contributed by atoms with Gasteiger partial charge in [0.05, 0.1) is 17.6 Å². The van der Waals surface area contributed by atoms with Gasteiger partial charge in [0.2, 0.25) is 10.0 Å². The van der Waals surface area contributed by atoms with Crippen LogP contribution in [0.5, 0.6) is 5.75 Å². The summed E-state index contributed by atoms with van der Waals surface area (Å²) in [6, 6.07) is 11.4. The fourth-order valence-electron chi connectivity index (χ4n) is 2.77. The highest BCUT2D eigenvalue weighted by atomic mass is 79.9. The molecular formula is C20H25BrN2O4S. The summed E-state index contributed by atoms with van der Waals surface area (Å²) in [7, 11) is -2.05. The van der Waals surface area contributed by atoms with Gasteiger partial charge in [-0.1, -0.05) is 29.8 Å². The fraction of sp³-hybridized carbons (Fsp3) is 0.350. The van der Waals surface area contributed by atoms with Crippen molar-refractivity contribution in [2.75, 3.05) is 25.5 Å². The van der Waals surface area contributed by atoms with Gasteiger partial charge in [-0.15, -0.1) is 0 Å². The molecule has 0 unspecified atom stereocenters. The van der Waals surface area contributed by atoms with Crippen LogP contribution in [-0.4, -0.2) is 38.8 Å². The Morgan fingerprint density at radius 3 is 2.21 bits per heavy atom. The third-order valence-corrected chi connectivity index (χ3v) is 6.51. The van der Waals surface area contributed by atoms with Gasteiger partial charge in [0.1, 0.15) is 5.75 Å². The first-order valence-corrected chi connectivity index (χ1v) is 11.3. The van der Waals surface area contributed by atoms with Gasteiger partial charge in [-0.25, -0.2) is 8.42 Å². The Morgan fingerprint density at radius 1 is 1.07 bits per heavy atom. The van der Waals surface area contributed by atoms with Crippen LogP contribution in [-0.2, 0) is 10.0 Å². The van der Waals surface area contributed by atoms with Gasteiger partial charge in [0.25, 0.3) is 5.91 Å². The number of carbonyl (C=O) groups is 1. The summed E-state index contributed by atoms with van der Waals surface area (Å²) in [4.78, 5) is 12.8. The van der Waals surface area contributed by atoms with Gasteiger partial charge in [0, 0.05) is 23.2 Å². The lowest BCUT2D eigenvalue weighted by molar-refractivity contribution is 0.102. The summed E-state index contributed by atoms with van der Waals surface area (Å²) in [5.74, 6) is 0.113. The first-order chi connectivity index (χ1) is 13.3. The van der Waals surface area contributed by atoms with E-state index in [1.165, 1.54) is 23.5 Å². The molecule has 6 nitrogen and oxygen atoms in total. The minimum atomic E-state index is -3.54. The van der Waals surface area contributed by atoms with Crippen LogP contribution < -0.4 is 10.1 Å². The highest BCUT2D eigenvalue weighted by Crippen LogP contribution is 2.25. The summed E-state index contributed by atoms with van der Waals surface area (Å²) in [6.07, 6.45) is 1.50. The van der Waals surface area contributed by atoms with Crippen molar-refractivity contribution in [3.8, 4) is 5.75 Å². The first kappa shape index (κ1) is 22.4. The maximum atomic E-state index is 12.8. The van der Waals surface area contributed by atoms with Crippen molar-refractivity contribution in [3.05, 3.63) is 52.5 Å². The lowest BCUT2D eigenvalue weighted by Crippen LogP contribution is -2.32. The highest BCUT2D eigenvalue weighted by Gasteiger charge is 2.23. The van der Waals surface area contributed by atoms with Crippen molar-refractivity contribution < 1.29 is 17.9 Å². The van der Waals surface area contributed by atoms with E-state index in [0.717, 1.165) is 17.3 Å². The topological polar surface area (TPSA) is 75.7 Å². The Kier molecular flexibility index (Phi) is 8.03. The summed E-state index contributed by atoms with van der Waals surface area (Å²) in [6.45, 7) is 4.87. The molecule has 28 heavy (non-hydrogen) atoms. The maximum Gasteiger partial charge on any atom is 0.259 e.